The van der Waals surface area contributed by atoms with E-state index in [4.69, 9.17) is 14.2 Å². The molecule has 2 aromatic carbocycles. The van der Waals surface area contributed by atoms with Crippen LogP contribution in [0, 0.1) is 6.92 Å². The van der Waals surface area contributed by atoms with Gasteiger partial charge in [0.25, 0.3) is 0 Å². The molecule has 0 saturated heterocycles. The standard InChI is InChI=1S/C20H24N2O4/c1-14-4-6-17(24-3)16(10-14)21-20(23)13-22(2)12-15-5-7-18-19(11-15)26-9-8-25-18/h4-7,10-11H,8-9,12-13H2,1-3H3,(H,21,23). The molecule has 0 aliphatic carbocycles. The van der Waals surface area contributed by atoms with E-state index in [0.29, 0.717) is 31.2 Å². The van der Waals surface area contributed by atoms with E-state index in [-0.39, 0.29) is 12.5 Å². The molecule has 0 fully saturated rings. The number of carbonyl (C=O) groups excluding carboxylic acids is 1. The number of amides is 1. The van der Waals surface area contributed by atoms with Gasteiger partial charge in [-0.3, -0.25) is 9.69 Å². The second-order valence-electron chi connectivity index (χ2n) is 6.40. The highest BCUT2D eigenvalue weighted by Crippen LogP contribution is 2.31. The Morgan fingerprint density at radius 2 is 1.92 bits per heavy atom. The van der Waals surface area contributed by atoms with Crippen molar-refractivity contribution in [2.45, 2.75) is 13.5 Å². The van der Waals surface area contributed by atoms with Crippen molar-refractivity contribution in [3.8, 4) is 17.2 Å². The van der Waals surface area contributed by atoms with E-state index in [1.807, 2.05) is 55.3 Å². The van der Waals surface area contributed by atoms with Crippen molar-refractivity contribution in [1.82, 2.24) is 4.90 Å². The summed E-state index contributed by atoms with van der Waals surface area (Å²) < 4.78 is 16.4. The SMILES string of the molecule is COc1ccc(C)cc1NC(=O)CN(C)Cc1ccc2c(c1)OCCO2. The van der Waals surface area contributed by atoms with Gasteiger partial charge in [-0.1, -0.05) is 12.1 Å². The molecule has 1 aliphatic heterocycles. The number of hydrogen-bond donors (Lipinski definition) is 1. The third-order valence-electron chi connectivity index (χ3n) is 4.10. The zero-order valence-electron chi connectivity index (χ0n) is 15.4. The van der Waals surface area contributed by atoms with Gasteiger partial charge in [0, 0.05) is 6.54 Å². The second-order valence-corrected chi connectivity index (χ2v) is 6.40. The minimum absolute atomic E-state index is 0.0889. The molecule has 0 unspecified atom stereocenters. The highest BCUT2D eigenvalue weighted by atomic mass is 16.6. The number of methoxy groups -OCH3 is 1. The first-order chi connectivity index (χ1) is 12.5. The van der Waals surface area contributed by atoms with E-state index in [0.717, 1.165) is 22.6 Å². The average molecular weight is 356 g/mol. The molecule has 0 bridgehead atoms. The molecule has 1 aliphatic rings. The van der Waals surface area contributed by atoms with E-state index in [1.54, 1.807) is 7.11 Å². The van der Waals surface area contributed by atoms with Gasteiger partial charge in [0.1, 0.15) is 19.0 Å². The molecule has 1 heterocycles. The number of ether oxygens (including phenoxy) is 3. The topological polar surface area (TPSA) is 60.0 Å². The average Bonchev–Trinajstić information content (AvgIpc) is 2.61. The van der Waals surface area contributed by atoms with Crippen molar-refractivity contribution in [2.24, 2.45) is 0 Å². The zero-order valence-corrected chi connectivity index (χ0v) is 15.4. The van der Waals surface area contributed by atoms with Crippen molar-refractivity contribution in [3.63, 3.8) is 0 Å². The number of likely N-dealkylation sites (N-methyl/N-ethyl adjacent to an activating group) is 1. The fourth-order valence-corrected chi connectivity index (χ4v) is 2.91. The predicted molar refractivity (Wildman–Crippen MR) is 100 cm³/mol. The van der Waals surface area contributed by atoms with E-state index in [9.17, 15) is 4.79 Å². The number of anilines is 1. The van der Waals surface area contributed by atoms with Crippen LogP contribution in [-0.2, 0) is 11.3 Å². The Morgan fingerprint density at radius 3 is 2.69 bits per heavy atom. The second kappa shape index (κ2) is 8.10. The van der Waals surface area contributed by atoms with Gasteiger partial charge in [0.15, 0.2) is 11.5 Å². The first-order valence-corrected chi connectivity index (χ1v) is 8.56. The number of aryl methyl sites for hydroxylation is 1. The maximum Gasteiger partial charge on any atom is 0.238 e. The Morgan fingerprint density at radius 1 is 1.15 bits per heavy atom. The molecular formula is C20H24N2O4. The van der Waals surface area contributed by atoms with Gasteiger partial charge in [0.2, 0.25) is 5.91 Å². The molecule has 1 N–H and O–H groups in total. The Bertz CT molecular complexity index is 791. The van der Waals surface area contributed by atoms with Crippen LogP contribution in [-0.4, -0.2) is 44.7 Å². The smallest absolute Gasteiger partial charge is 0.238 e. The Kier molecular flexibility index (Phi) is 5.63. The Balaban J connectivity index is 1.58. The molecular weight excluding hydrogens is 332 g/mol. The molecule has 6 heteroatoms. The Labute approximate surface area is 153 Å². The molecule has 138 valence electrons. The van der Waals surface area contributed by atoms with Crippen molar-refractivity contribution < 1.29 is 19.0 Å². The van der Waals surface area contributed by atoms with Crippen LogP contribution in [0.5, 0.6) is 17.2 Å². The van der Waals surface area contributed by atoms with Gasteiger partial charge in [-0.15, -0.1) is 0 Å². The van der Waals surface area contributed by atoms with Gasteiger partial charge >= 0.3 is 0 Å². The lowest BCUT2D eigenvalue weighted by Gasteiger charge is -2.21. The molecule has 26 heavy (non-hydrogen) atoms. The molecule has 0 aromatic heterocycles. The summed E-state index contributed by atoms with van der Waals surface area (Å²) in [7, 11) is 3.50. The van der Waals surface area contributed by atoms with Gasteiger partial charge in [-0.05, 0) is 49.4 Å². The fraction of sp³-hybridized carbons (Fsp3) is 0.350. The lowest BCUT2D eigenvalue weighted by molar-refractivity contribution is -0.117. The minimum Gasteiger partial charge on any atom is -0.495 e. The summed E-state index contributed by atoms with van der Waals surface area (Å²) in [5.41, 5.74) is 2.81. The lowest BCUT2D eigenvalue weighted by atomic mass is 10.2. The maximum atomic E-state index is 12.4. The number of nitrogens with zero attached hydrogens (tertiary/aromatic N) is 1. The molecule has 1 amide bonds. The first kappa shape index (κ1) is 18.1. The molecule has 3 rings (SSSR count). The summed E-state index contributed by atoms with van der Waals surface area (Å²) in [6.07, 6.45) is 0. The van der Waals surface area contributed by atoms with Crippen LogP contribution in [0.1, 0.15) is 11.1 Å². The predicted octanol–water partition coefficient (Wildman–Crippen LogP) is 2.85. The van der Waals surface area contributed by atoms with Gasteiger partial charge < -0.3 is 19.5 Å². The van der Waals surface area contributed by atoms with Crippen LogP contribution in [0.2, 0.25) is 0 Å². The summed E-state index contributed by atoms with van der Waals surface area (Å²) in [6.45, 7) is 4.02. The summed E-state index contributed by atoms with van der Waals surface area (Å²) >= 11 is 0. The molecule has 0 radical (unpaired) electrons. The van der Waals surface area contributed by atoms with Crippen LogP contribution in [0.3, 0.4) is 0 Å². The van der Waals surface area contributed by atoms with E-state index >= 15 is 0 Å². The largest absolute Gasteiger partial charge is 0.495 e. The third kappa shape index (κ3) is 4.46. The van der Waals surface area contributed by atoms with E-state index in [2.05, 4.69) is 5.32 Å². The highest BCUT2D eigenvalue weighted by Gasteiger charge is 2.14. The number of carbonyl (C=O) groups is 1. The lowest BCUT2D eigenvalue weighted by Crippen LogP contribution is -2.30. The van der Waals surface area contributed by atoms with Crippen LogP contribution >= 0.6 is 0 Å². The number of benzene rings is 2. The van der Waals surface area contributed by atoms with Crippen LogP contribution < -0.4 is 19.5 Å². The van der Waals surface area contributed by atoms with Gasteiger partial charge in [0.05, 0.1) is 19.3 Å². The maximum absolute atomic E-state index is 12.4. The first-order valence-electron chi connectivity index (χ1n) is 8.56. The number of hydrogen-bond acceptors (Lipinski definition) is 5. The van der Waals surface area contributed by atoms with Gasteiger partial charge in [-0.25, -0.2) is 0 Å². The van der Waals surface area contributed by atoms with Crippen LogP contribution in [0.15, 0.2) is 36.4 Å². The monoisotopic (exact) mass is 356 g/mol. The molecule has 6 nitrogen and oxygen atoms in total. The van der Waals surface area contributed by atoms with Crippen molar-refractivity contribution in [3.05, 3.63) is 47.5 Å². The molecule has 0 atom stereocenters. The van der Waals surface area contributed by atoms with Gasteiger partial charge in [-0.2, -0.15) is 0 Å². The highest BCUT2D eigenvalue weighted by molar-refractivity contribution is 5.93. The minimum atomic E-state index is -0.0889. The van der Waals surface area contributed by atoms with E-state index < -0.39 is 0 Å². The van der Waals surface area contributed by atoms with Crippen molar-refractivity contribution in [1.29, 1.82) is 0 Å². The number of fused-ring (bicyclic) bond motifs is 1. The summed E-state index contributed by atoms with van der Waals surface area (Å²) in [5.74, 6) is 2.09. The van der Waals surface area contributed by atoms with Crippen LogP contribution in [0.4, 0.5) is 5.69 Å². The molecule has 0 saturated carbocycles. The summed E-state index contributed by atoms with van der Waals surface area (Å²) in [5, 5.41) is 2.92. The van der Waals surface area contributed by atoms with E-state index in [1.165, 1.54) is 0 Å². The number of nitrogens with one attached hydrogen (secondary N) is 1. The summed E-state index contributed by atoms with van der Waals surface area (Å²) in [6, 6.07) is 11.6. The van der Waals surface area contributed by atoms with Crippen molar-refractivity contribution in [2.75, 3.05) is 39.2 Å². The normalized spacial score (nSPS) is 12.8. The molecule has 2 aromatic rings. The molecule has 0 spiro atoms. The number of rotatable bonds is 6. The summed E-state index contributed by atoms with van der Waals surface area (Å²) in [4.78, 5) is 14.3. The zero-order chi connectivity index (χ0) is 18.5. The van der Waals surface area contributed by atoms with Crippen LogP contribution in [0.25, 0.3) is 0 Å². The third-order valence-corrected chi connectivity index (χ3v) is 4.10. The van der Waals surface area contributed by atoms with Crippen molar-refractivity contribution >= 4 is 11.6 Å². The fourth-order valence-electron chi connectivity index (χ4n) is 2.91. The Hall–Kier alpha value is -2.73. The quantitative estimate of drug-likeness (QED) is 0.862.